The van der Waals surface area contributed by atoms with Gasteiger partial charge >= 0.3 is 5.97 Å². The molecule has 1 unspecified atom stereocenters. The van der Waals surface area contributed by atoms with E-state index in [0.29, 0.717) is 13.0 Å². The van der Waals surface area contributed by atoms with Crippen LogP contribution in [-0.4, -0.2) is 22.2 Å². The first kappa shape index (κ1) is 13.4. The van der Waals surface area contributed by atoms with E-state index in [2.05, 4.69) is 0 Å². The zero-order chi connectivity index (χ0) is 15.0. The van der Waals surface area contributed by atoms with Gasteiger partial charge < -0.3 is 15.1 Å². The maximum Gasteiger partial charge on any atom is 0.326 e. The van der Waals surface area contributed by atoms with E-state index in [9.17, 15) is 19.4 Å². The standard InChI is InChI=1S/C16H14FNO3/c17-12-3-1-10(2-4-12)9-18-14-6-5-13(19)7-11(14)8-15(18)16(20)21/h1-7,15,19H,8-9H2,(H,20,21). The second kappa shape index (κ2) is 5.09. The Labute approximate surface area is 121 Å². The highest BCUT2D eigenvalue weighted by molar-refractivity contribution is 5.82. The van der Waals surface area contributed by atoms with E-state index >= 15 is 0 Å². The molecule has 0 saturated heterocycles. The van der Waals surface area contributed by atoms with Crippen molar-refractivity contribution in [3.05, 3.63) is 59.4 Å². The molecule has 3 rings (SSSR count). The predicted molar refractivity (Wildman–Crippen MR) is 75.8 cm³/mol. The van der Waals surface area contributed by atoms with E-state index in [1.807, 2.05) is 0 Å². The Kier molecular flexibility index (Phi) is 3.25. The molecule has 4 nitrogen and oxygen atoms in total. The maximum atomic E-state index is 13.0. The molecule has 0 amide bonds. The molecule has 21 heavy (non-hydrogen) atoms. The number of aliphatic carboxylic acids is 1. The minimum atomic E-state index is -0.909. The van der Waals surface area contributed by atoms with Crippen molar-refractivity contribution >= 4 is 11.7 Å². The van der Waals surface area contributed by atoms with Gasteiger partial charge in [-0.3, -0.25) is 0 Å². The van der Waals surface area contributed by atoms with Gasteiger partial charge in [0.25, 0.3) is 0 Å². The molecular formula is C16H14FNO3. The Hall–Kier alpha value is -2.56. The van der Waals surface area contributed by atoms with Crippen molar-refractivity contribution in [1.82, 2.24) is 0 Å². The molecule has 0 aliphatic carbocycles. The largest absolute Gasteiger partial charge is 0.508 e. The fraction of sp³-hybridized carbons (Fsp3) is 0.188. The van der Waals surface area contributed by atoms with Crippen LogP contribution < -0.4 is 4.90 Å². The van der Waals surface area contributed by atoms with Gasteiger partial charge in [-0.1, -0.05) is 12.1 Å². The number of phenols is 1. The van der Waals surface area contributed by atoms with Crippen LogP contribution in [0.2, 0.25) is 0 Å². The zero-order valence-electron chi connectivity index (χ0n) is 11.2. The number of halogens is 1. The Balaban J connectivity index is 1.94. The number of hydrogen-bond acceptors (Lipinski definition) is 3. The number of fused-ring (bicyclic) bond motifs is 1. The van der Waals surface area contributed by atoms with Gasteiger partial charge in [-0.2, -0.15) is 0 Å². The van der Waals surface area contributed by atoms with Gasteiger partial charge in [0.15, 0.2) is 0 Å². The smallest absolute Gasteiger partial charge is 0.326 e. The van der Waals surface area contributed by atoms with Crippen molar-refractivity contribution < 1.29 is 19.4 Å². The molecule has 1 atom stereocenters. The summed E-state index contributed by atoms with van der Waals surface area (Å²) in [7, 11) is 0. The average molecular weight is 287 g/mol. The molecule has 0 aromatic heterocycles. The molecule has 0 radical (unpaired) electrons. The lowest BCUT2D eigenvalue weighted by atomic mass is 10.1. The third-order valence-electron chi connectivity index (χ3n) is 3.71. The topological polar surface area (TPSA) is 60.8 Å². The number of anilines is 1. The summed E-state index contributed by atoms with van der Waals surface area (Å²) < 4.78 is 13.0. The van der Waals surface area contributed by atoms with E-state index in [1.54, 1.807) is 35.2 Å². The lowest BCUT2D eigenvalue weighted by Gasteiger charge is -2.24. The van der Waals surface area contributed by atoms with Gasteiger partial charge in [-0.05, 0) is 41.5 Å². The van der Waals surface area contributed by atoms with Crippen molar-refractivity contribution in [1.29, 1.82) is 0 Å². The molecule has 1 aliphatic heterocycles. The van der Waals surface area contributed by atoms with E-state index in [1.165, 1.54) is 12.1 Å². The molecular weight excluding hydrogens is 273 g/mol. The first-order valence-corrected chi connectivity index (χ1v) is 6.60. The van der Waals surface area contributed by atoms with Gasteiger partial charge in [0.1, 0.15) is 17.6 Å². The summed E-state index contributed by atoms with van der Waals surface area (Å²) >= 11 is 0. The number of rotatable bonds is 3. The number of carboxylic acid groups (broad SMARTS) is 1. The second-order valence-electron chi connectivity index (χ2n) is 5.13. The van der Waals surface area contributed by atoms with Gasteiger partial charge in [-0.25, -0.2) is 9.18 Å². The van der Waals surface area contributed by atoms with Crippen LogP contribution in [0, 0.1) is 5.82 Å². The number of hydrogen-bond donors (Lipinski definition) is 2. The monoisotopic (exact) mass is 287 g/mol. The van der Waals surface area contributed by atoms with E-state index in [4.69, 9.17) is 0 Å². The number of nitrogens with zero attached hydrogens (tertiary/aromatic N) is 1. The lowest BCUT2D eigenvalue weighted by Crippen LogP contribution is -2.38. The van der Waals surface area contributed by atoms with E-state index < -0.39 is 12.0 Å². The van der Waals surface area contributed by atoms with Crippen molar-refractivity contribution in [2.24, 2.45) is 0 Å². The maximum absolute atomic E-state index is 13.0. The molecule has 0 bridgehead atoms. The molecule has 0 fully saturated rings. The summed E-state index contributed by atoms with van der Waals surface area (Å²) in [6.07, 6.45) is 0.347. The van der Waals surface area contributed by atoms with Gasteiger partial charge in [0.2, 0.25) is 0 Å². The first-order valence-electron chi connectivity index (χ1n) is 6.60. The first-order chi connectivity index (χ1) is 10.0. The summed E-state index contributed by atoms with van der Waals surface area (Å²) in [5, 5.41) is 18.9. The van der Waals surface area contributed by atoms with Crippen LogP contribution in [0.4, 0.5) is 10.1 Å². The van der Waals surface area contributed by atoms with Crippen LogP contribution in [-0.2, 0) is 17.8 Å². The van der Waals surface area contributed by atoms with Gasteiger partial charge in [0.05, 0.1) is 0 Å². The molecule has 1 heterocycles. The molecule has 108 valence electrons. The minimum Gasteiger partial charge on any atom is -0.508 e. The predicted octanol–water partition coefficient (Wildman–Crippen LogP) is 2.55. The fourth-order valence-electron chi connectivity index (χ4n) is 2.70. The number of carboxylic acids is 1. The number of phenolic OH excluding ortho intramolecular Hbond substituents is 1. The highest BCUT2D eigenvalue weighted by atomic mass is 19.1. The van der Waals surface area contributed by atoms with Crippen molar-refractivity contribution in [2.75, 3.05) is 4.90 Å². The quantitative estimate of drug-likeness (QED) is 0.910. The summed E-state index contributed by atoms with van der Waals surface area (Å²) in [5.41, 5.74) is 2.44. The van der Waals surface area contributed by atoms with Crippen LogP contribution in [0.1, 0.15) is 11.1 Å². The highest BCUT2D eigenvalue weighted by Crippen LogP contribution is 2.35. The third kappa shape index (κ3) is 2.54. The Morgan fingerprint density at radius 3 is 2.62 bits per heavy atom. The molecule has 0 spiro atoms. The van der Waals surface area contributed by atoms with E-state index in [-0.39, 0.29) is 11.6 Å². The number of benzene rings is 2. The van der Waals surface area contributed by atoms with Gasteiger partial charge in [-0.15, -0.1) is 0 Å². The van der Waals surface area contributed by atoms with Crippen molar-refractivity contribution in [2.45, 2.75) is 19.0 Å². The van der Waals surface area contributed by atoms with E-state index in [0.717, 1.165) is 16.8 Å². The molecule has 1 aliphatic rings. The Morgan fingerprint density at radius 1 is 1.24 bits per heavy atom. The van der Waals surface area contributed by atoms with Crippen LogP contribution in [0.15, 0.2) is 42.5 Å². The van der Waals surface area contributed by atoms with Gasteiger partial charge in [0, 0.05) is 18.7 Å². The third-order valence-corrected chi connectivity index (χ3v) is 3.71. The summed E-state index contributed by atoms with van der Waals surface area (Å²) in [6.45, 7) is 0.384. The fourth-order valence-corrected chi connectivity index (χ4v) is 2.70. The van der Waals surface area contributed by atoms with Crippen molar-refractivity contribution in [3.8, 4) is 5.75 Å². The highest BCUT2D eigenvalue weighted by Gasteiger charge is 2.34. The lowest BCUT2D eigenvalue weighted by molar-refractivity contribution is -0.138. The summed E-state index contributed by atoms with van der Waals surface area (Å²) in [4.78, 5) is 13.2. The summed E-state index contributed by atoms with van der Waals surface area (Å²) in [6, 6.07) is 10.2. The zero-order valence-corrected chi connectivity index (χ0v) is 11.2. The average Bonchev–Trinajstić information content (AvgIpc) is 2.79. The van der Waals surface area contributed by atoms with Crippen LogP contribution >= 0.6 is 0 Å². The second-order valence-corrected chi connectivity index (χ2v) is 5.13. The van der Waals surface area contributed by atoms with Crippen molar-refractivity contribution in [3.63, 3.8) is 0 Å². The molecule has 5 heteroatoms. The van der Waals surface area contributed by atoms with Crippen LogP contribution in [0.3, 0.4) is 0 Å². The SMILES string of the molecule is O=C(O)C1Cc2cc(O)ccc2N1Cc1ccc(F)cc1. The number of carbonyl (C=O) groups is 1. The molecule has 0 saturated carbocycles. The minimum absolute atomic E-state index is 0.126. The summed E-state index contributed by atoms with van der Waals surface area (Å²) in [5.74, 6) is -1.10. The normalized spacial score (nSPS) is 16.8. The van der Waals surface area contributed by atoms with Crippen LogP contribution in [0.5, 0.6) is 5.75 Å². The molecule has 2 N–H and O–H groups in total. The van der Waals surface area contributed by atoms with Crippen LogP contribution in [0.25, 0.3) is 0 Å². The molecule has 2 aromatic carbocycles. The Bertz CT molecular complexity index is 684. The number of aromatic hydroxyl groups is 1. The Morgan fingerprint density at radius 2 is 1.95 bits per heavy atom. The molecule has 2 aromatic rings.